The van der Waals surface area contributed by atoms with Gasteiger partial charge in [-0.1, -0.05) is 13.8 Å². The summed E-state index contributed by atoms with van der Waals surface area (Å²) in [5, 5.41) is 8.61. The first kappa shape index (κ1) is 11.1. The van der Waals surface area contributed by atoms with Gasteiger partial charge in [0.2, 0.25) is 0 Å². The van der Waals surface area contributed by atoms with Gasteiger partial charge in [0.1, 0.15) is 5.78 Å². The van der Waals surface area contributed by atoms with E-state index in [2.05, 4.69) is 0 Å². The molecule has 0 amide bonds. The van der Waals surface area contributed by atoms with Crippen LogP contribution in [0.5, 0.6) is 0 Å². The predicted molar refractivity (Wildman–Crippen MR) is 45.9 cm³/mol. The molecule has 0 saturated carbocycles. The number of hydrogen-bond acceptors (Lipinski definition) is 2. The summed E-state index contributed by atoms with van der Waals surface area (Å²) in [5.41, 5.74) is -0.633. The Morgan fingerprint density at radius 2 is 1.67 bits per heavy atom. The van der Waals surface area contributed by atoms with Gasteiger partial charge in [-0.3, -0.25) is 9.59 Å². The molecule has 0 unspecified atom stereocenters. The summed E-state index contributed by atoms with van der Waals surface area (Å²) in [7, 11) is 0. The van der Waals surface area contributed by atoms with Crippen molar-refractivity contribution in [1.29, 1.82) is 0 Å². The minimum absolute atomic E-state index is 0.0186. The number of carbonyl (C=O) groups is 2. The fourth-order valence-electron chi connectivity index (χ4n) is 1.41. The fraction of sp³-hybridized carbons (Fsp3) is 0.778. The normalized spacial score (nSPS) is 11.2. The Morgan fingerprint density at radius 1 is 1.25 bits per heavy atom. The first-order chi connectivity index (χ1) is 5.48. The third-order valence-corrected chi connectivity index (χ3v) is 2.59. The second-order valence-corrected chi connectivity index (χ2v) is 3.11. The molecule has 0 fully saturated rings. The highest BCUT2D eigenvalue weighted by atomic mass is 16.4. The molecular weight excluding hydrogens is 156 g/mol. The van der Waals surface area contributed by atoms with Crippen LogP contribution in [0.25, 0.3) is 0 Å². The highest BCUT2D eigenvalue weighted by Gasteiger charge is 2.33. The monoisotopic (exact) mass is 172 g/mol. The molecule has 0 aromatic rings. The van der Waals surface area contributed by atoms with E-state index in [0.29, 0.717) is 12.8 Å². The molecule has 1 N–H and O–H groups in total. The molecule has 0 aliphatic rings. The Balaban J connectivity index is 4.58. The van der Waals surface area contributed by atoms with E-state index < -0.39 is 11.4 Å². The Kier molecular flexibility index (Phi) is 3.93. The lowest BCUT2D eigenvalue weighted by atomic mass is 9.76. The van der Waals surface area contributed by atoms with Gasteiger partial charge in [0, 0.05) is 5.41 Å². The summed E-state index contributed by atoms with van der Waals surface area (Å²) in [6.45, 7) is 5.18. The van der Waals surface area contributed by atoms with E-state index in [1.807, 2.05) is 13.8 Å². The van der Waals surface area contributed by atoms with E-state index in [4.69, 9.17) is 5.11 Å². The standard InChI is InChI=1S/C9H16O3/c1-4-9(5-2,7(3)10)6-8(11)12/h4-6H2,1-3H3,(H,11,12). The number of ketones is 1. The third kappa shape index (κ3) is 2.32. The van der Waals surface area contributed by atoms with Crippen molar-refractivity contribution in [2.45, 2.75) is 40.0 Å². The minimum Gasteiger partial charge on any atom is -0.481 e. The number of carboxylic acids is 1. The summed E-state index contributed by atoms with van der Waals surface area (Å²) in [6, 6.07) is 0. The molecule has 70 valence electrons. The van der Waals surface area contributed by atoms with Crippen molar-refractivity contribution < 1.29 is 14.7 Å². The maximum Gasteiger partial charge on any atom is 0.304 e. The van der Waals surface area contributed by atoms with E-state index in [1.54, 1.807) is 0 Å². The van der Waals surface area contributed by atoms with E-state index in [1.165, 1.54) is 6.92 Å². The van der Waals surface area contributed by atoms with Gasteiger partial charge in [-0.2, -0.15) is 0 Å². The van der Waals surface area contributed by atoms with Gasteiger partial charge in [-0.25, -0.2) is 0 Å². The van der Waals surface area contributed by atoms with Crippen molar-refractivity contribution in [3.63, 3.8) is 0 Å². The van der Waals surface area contributed by atoms with Crippen molar-refractivity contribution in [1.82, 2.24) is 0 Å². The van der Waals surface area contributed by atoms with Crippen molar-refractivity contribution >= 4 is 11.8 Å². The van der Waals surface area contributed by atoms with Crippen LogP contribution in [-0.2, 0) is 9.59 Å². The molecular formula is C9H16O3. The van der Waals surface area contributed by atoms with Crippen LogP contribution in [0.15, 0.2) is 0 Å². The van der Waals surface area contributed by atoms with Crippen molar-refractivity contribution in [3.8, 4) is 0 Å². The van der Waals surface area contributed by atoms with Crippen LogP contribution in [0.1, 0.15) is 40.0 Å². The summed E-state index contributed by atoms with van der Waals surface area (Å²) in [5.74, 6) is -0.913. The number of hydrogen-bond donors (Lipinski definition) is 1. The van der Waals surface area contributed by atoms with Crippen molar-refractivity contribution in [3.05, 3.63) is 0 Å². The summed E-state index contributed by atoms with van der Waals surface area (Å²) in [4.78, 5) is 21.7. The summed E-state index contributed by atoms with van der Waals surface area (Å²) in [6.07, 6.45) is 1.16. The molecule has 0 radical (unpaired) electrons. The highest BCUT2D eigenvalue weighted by Crippen LogP contribution is 2.31. The SMILES string of the molecule is CCC(CC)(CC(=O)O)C(C)=O. The third-order valence-electron chi connectivity index (χ3n) is 2.59. The molecule has 0 atom stereocenters. The second kappa shape index (κ2) is 4.24. The molecule has 3 nitrogen and oxygen atoms in total. The number of rotatable bonds is 5. The van der Waals surface area contributed by atoms with Gasteiger partial charge < -0.3 is 5.11 Å². The Labute approximate surface area is 72.8 Å². The second-order valence-electron chi connectivity index (χ2n) is 3.11. The lowest BCUT2D eigenvalue weighted by Gasteiger charge is -2.26. The molecule has 0 aromatic heterocycles. The lowest BCUT2D eigenvalue weighted by molar-refractivity contribution is -0.144. The zero-order valence-corrected chi connectivity index (χ0v) is 7.89. The van der Waals surface area contributed by atoms with E-state index in [9.17, 15) is 9.59 Å². The topological polar surface area (TPSA) is 54.4 Å². The molecule has 0 rings (SSSR count). The van der Waals surface area contributed by atoms with Crippen LogP contribution in [0.3, 0.4) is 0 Å². The van der Waals surface area contributed by atoms with Crippen molar-refractivity contribution in [2.24, 2.45) is 5.41 Å². The molecule has 0 heterocycles. The fourth-order valence-corrected chi connectivity index (χ4v) is 1.41. The van der Waals surface area contributed by atoms with Crippen molar-refractivity contribution in [2.75, 3.05) is 0 Å². The first-order valence-electron chi connectivity index (χ1n) is 4.21. The number of Topliss-reactive ketones (excluding diaryl/α,β-unsaturated/α-hetero) is 1. The Morgan fingerprint density at radius 3 is 1.75 bits per heavy atom. The van der Waals surface area contributed by atoms with Gasteiger partial charge in [0.05, 0.1) is 6.42 Å². The molecule has 0 spiro atoms. The van der Waals surface area contributed by atoms with Crippen LogP contribution in [0.2, 0.25) is 0 Å². The largest absolute Gasteiger partial charge is 0.481 e. The summed E-state index contributed by atoms with van der Waals surface area (Å²) >= 11 is 0. The van der Waals surface area contributed by atoms with Gasteiger partial charge in [0.15, 0.2) is 0 Å². The Hall–Kier alpha value is -0.860. The molecule has 12 heavy (non-hydrogen) atoms. The number of carboxylic acid groups (broad SMARTS) is 1. The van der Waals surface area contributed by atoms with E-state index in [-0.39, 0.29) is 12.2 Å². The first-order valence-corrected chi connectivity index (χ1v) is 4.21. The molecule has 0 aromatic carbocycles. The summed E-state index contributed by atoms with van der Waals surface area (Å²) < 4.78 is 0. The quantitative estimate of drug-likeness (QED) is 0.688. The maximum absolute atomic E-state index is 11.2. The smallest absolute Gasteiger partial charge is 0.304 e. The number of aliphatic carboxylic acids is 1. The van der Waals surface area contributed by atoms with Crippen LogP contribution < -0.4 is 0 Å². The average Bonchev–Trinajstić information content (AvgIpc) is 1.99. The predicted octanol–water partition coefficient (Wildman–Crippen LogP) is 1.86. The number of carbonyl (C=O) groups excluding carboxylic acids is 1. The van der Waals surface area contributed by atoms with E-state index in [0.717, 1.165) is 0 Å². The van der Waals surface area contributed by atoms with Gasteiger partial charge in [-0.15, -0.1) is 0 Å². The zero-order valence-electron chi connectivity index (χ0n) is 7.89. The zero-order chi connectivity index (χ0) is 9.78. The minimum atomic E-state index is -0.895. The molecule has 0 aliphatic heterocycles. The molecule has 0 bridgehead atoms. The lowest BCUT2D eigenvalue weighted by Crippen LogP contribution is -2.30. The van der Waals surface area contributed by atoms with Gasteiger partial charge in [0.25, 0.3) is 0 Å². The highest BCUT2D eigenvalue weighted by molar-refractivity contribution is 5.86. The average molecular weight is 172 g/mol. The molecule has 0 saturated heterocycles. The molecule has 3 heteroatoms. The van der Waals surface area contributed by atoms with E-state index >= 15 is 0 Å². The van der Waals surface area contributed by atoms with Crippen LogP contribution in [0.4, 0.5) is 0 Å². The van der Waals surface area contributed by atoms with Gasteiger partial charge >= 0.3 is 5.97 Å². The van der Waals surface area contributed by atoms with Gasteiger partial charge in [-0.05, 0) is 19.8 Å². The molecule has 0 aliphatic carbocycles. The van der Waals surface area contributed by atoms with Crippen LogP contribution >= 0.6 is 0 Å². The van der Waals surface area contributed by atoms with Crippen LogP contribution in [0, 0.1) is 5.41 Å². The van der Waals surface area contributed by atoms with Crippen LogP contribution in [-0.4, -0.2) is 16.9 Å². The maximum atomic E-state index is 11.2. The Bertz CT molecular complexity index is 180.